The van der Waals surface area contributed by atoms with Gasteiger partial charge in [-0.1, -0.05) is 36.4 Å². The summed E-state index contributed by atoms with van der Waals surface area (Å²) in [6.45, 7) is 0. The molecule has 26 heavy (non-hydrogen) atoms. The average molecular weight is 581 g/mol. The van der Waals surface area contributed by atoms with Crippen molar-refractivity contribution in [3.8, 4) is 0 Å². The van der Waals surface area contributed by atoms with Gasteiger partial charge in [-0.3, -0.25) is 0 Å². The molecule has 132 valence electrons. The van der Waals surface area contributed by atoms with Crippen LogP contribution < -0.4 is 0 Å². The summed E-state index contributed by atoms with van der Waals surface area (Å²) < 4.78 is 49.3. The molecule has 0 saturated heterocycles. The molecule has 0 saturated carbocycles. The van der Waals surface area contributed by atoms with Gasteiger partial charge >= 0.3 is 0 Å². The first-order valence-electron chi connectivity index (χ1n) is 7.31. The van der Waals surface area contributed by atoms with Crippen molar-refractivity contribution in [3.63, 3.8) is 0 Å². The van der Waals surface area contributed by atoms with Crippen LogP contribution in [0.2, 0.25) is 0 Å². The van der Waals surface area contributed by atoms with Gasteiger partial charge in [-0.25, -0.2) is 22.5 Å². The summed E-state index contributed by atoms with van der Waals surface area (Å²) in [6.07, 6.45) is 0. The van der Waals surface area contributed by atoms with Crippen molar-refractivity contribution in [3.05, 3.63) is 85.0 Å². The molecule has 0 aliphatic carbocycles. The lowest BCUT2D eigenvalue weighted by Crippen LogP contribution is -2.02. The Morgan fingerprint density at radius 2 is 1.00 bits per heavy atom. The van der Waals surface area contributed by atoms with Crippen LogP contribution >= 0.6 is 45.2 Å². The lowest BCUT2D eigenvalue weighted by Gasteiger charge is -2.02. The highest BCUT2D eigenvalue weighted by Crippen LogP contribution is 2.26. The van der Waals surface area contributed by atoms with Gasteiger partial charge in [0, 0.05) is 10.8 Å². The molecule has 0 bridgehead atoms. The van der Waals surface area contributed by atoms with Crippen LogP contribution in [0.4, 0.5) is 17.6 Å². The molecule has 1 aromatic heterocycles. The Balaban J connectivity index is 0.000000153. The Labute approximate surface area is 173 Å². The first-order chi connectivity index (χ1) is 12.4. The first kappa shape index (κ1) is 19.3. The van der Waals surface area contributed by atoms with E-state index in [-0.39, 0.29) is 0 Å². The van der Waals surface area contributed by atoms with E-state index in [1.807, 2.05) is 36.4 Å². The normalized spacial score (nSPS) is 10.7. The van der Waals surface area contributed by atoms with Gasteiger partial charge in [0.15, 0.2) is 23.3 Å². The molecule has 0 atom stereocenters. The summed E-state index contributed by atoms with van der Waals surface area (Å²) in [7, 11) is 0. The molecule has 3 aromatic carbocycles. The number of hydrogen-bond donors (Lipinski definition) is 0. The highest BCUT2D eigenvalue weighted by atomic mass is 127. The van der Waals surface area contributed by atoms with Crippen LogP contribution in [0.1, 0.15) is 0 Å². The zero-order valence-corrected chi connectivity index (χ0v) is 17.2. The number of para-hydroxylation sites is 2. The van der Waals surface area contributed by atoms with Gasteiger partial charge in [0.05, 0.1) is 18.2 Å². The highest BCUT2D eigenvalue weighted by molar-refractivity contribution is 14.1. The molecule has 0 radical (unpaired) electrons. The highest BCUT2D eigenvalue weighted by Gasteiger charge is 2.21. The number of halogens is 6. The van der Waals surface area contributed by atoms with Crippen LogP contribution in [0.3, 0.4) is 0 Å². The van der Waals surface area contributed by atoms with E-state index in [9.17, 15) is 17.6 Å². The fraction of sp³-hybridized carbons (Fsp3) is 0. The maximum atomic E-state index is 12.8. The maximum absolute atomic E-state index is 12.8. The molecule has 0 spiro atoms. The molecule has 0 unspecified atom stereocenters. The minimum atomic E-state index is -1.63. The molecule has 4 rings (SSSR count). The molecule has 1 heterocycles. The Morgan fingerprint density at radius 1 is 0.577 bits per heavy atom. The van der Waals surface area contributed by atoms with E-state index >= 15 is 0 Å². The molecule has 1 nitrogen and oxygen atoms in total. The van der Waals surface area contributed by atoms with Crippen molar-refractivity contribution in [2.75, 3.05) is 0 Å². The number of nitrogens with zero attached hydrogens (tertiary/aromatic N) is 1. The number of hydrogen-bond acceptors (Lipinski definition) is 1. The zero-order valence-electron chi connectivity index (χ0n) is 12.9. The van der Waals surface area contributed by atoms with Crippen molar-refractivity contribution in [1.82, 2.24) is 4.98 Å². The predicted octanol–water partition coefficient (Wildman–Crippen LogP) is 6.84. The molecular formula is C19H9F4I2N. The predicted molar refractivity (Wildman–Crippen MR) is 111 cm³/mol. The lowest BCUT2D eigenvalue weighted by molar-refractivity contribution is 0.423. The topological polar surface area (TPSA) is 12.9 Å². The Hall–Kier alpha value is -1.49. The number of pyridine rings is 1. The SMILES string of the molecule is Fc1c(F)c(I)c(F)c(I)c1F.c1ccc2nc3ccccc3cc2c1. The number of benzene rings is 3. The second-order valence-corrected chi connectivity index (χ2v) is 7.42. The summed E-state index contributed by atoms with van der Waals surface area (Å²) in [5, 5.41) is 2.40. The van der Waals surface area contributed by atoms with Crippen LogP contribution in [-0.2, 0) is 0 Å². The Bertz CT molecular complexity index is 905. The van der Waals surface area contributed by atoms with Gasteiger partial charge in [-0.2, -0.15) is 0 Å². The minimum Gasteiger partial charge on any atom is -0.248 e. The molecule has 7 heteroatoms. The second kappa shape index (κ2) is 8.03. The first-order valence-corrected chi connectivity index (χ1v) is 9.47. The second-order valence-electron chi connectivity index (χ2n) is 5.26. The van der Waals surface area contributed by atoms with Crippen molar-refractivity contribution in [2.45, 2.75) is 0 Å². The zero-order chi connectivity index (χ0) is 18.8. The van der Waals surface area contributed by atoms with E-state index in [0.717, 1.165) is 11.0 Å². The van der Waals surface area contributed by atoms with Crippen molar-refractivity contribution in [2.24, 2.45) is 0 Å². The van der Waals surface area contributed by atoms with Crippen molar-refractivity contribution in [1.29, 1.82) is 0 Å². The average Bonchev–Trinajstić information content (AvgIpc) is 2.68. The quantitative estimate of drug-likeness (QED) is 0.0730. The van der Waals surface area contributed by atoms with Gasteiger partial charge in [-0.15, -0.1) is 0 Å². The van der Waals surface area contributed by atoms with Crippen LogP contribution in [0.5, 0.6) is 0 Å². The Morgan fingerprint density at radius 3 is 1.46 bits per heavy atom. The summed E-state index contributed by atoms with van der Waals surface area (Å²) in [6, 6.07) is 18.6. The fourth-order valence-electron chi connectivity index (χ4n) is 2.30. The summed E-state index contributed by atoms with van der Waals surface area (Å²) >= 11 is 2.55. The van der Waals surface area contributed by atoms with Crippen LogP contribution in [-0.4, -0.2) is 4.98 Å². The van der Waals surface area contributed by atoms with Crippen LogP contribution in [0.15, 0.2) is 54.6 Å². The summed E-state index contributed by atoms with van der Waals surface area (Å²) in [5.41, 5.74) is 2.12. The smallest absolute Gasteiger partial charge is 0.196 e. The maximum Gasteiger partial charge on any atom is 0.196 e. The van der Waals surface area contributed by atoms with E-state index in [1.165, 1.54) is 56.0 Å². The molecular weight excluding hydrogens is 572 g/mol. The third kappa shape index (κ3) is 3.78. The van der Waals surface area contributed by atoms with Crippen LogP contribution in [0, 0.1) is 30.4 Å². The molecule has 0 fully saturated rings. The van der Waals surface area contributed by atoms with E-state index in [1.54, 1.807) is 0 Å². The number of fused-ring (bicyclic) bond motifs is 2. The van der Waals surface area contributed by atoms with Gasteiger partial charge in [0.25, 0.3) is 0 Å². The molecule has 4 aromatic rings. The van der Waals surface area contributed by atoms with Gasteiger partial charge < -0.3 is 0 Å². The minimum absolute atomic E-state index is 0.532. The third-order valence-corrected chi connectivity index (χ3v) is 5.48. The van der Waals surface area contributed by atoms with E-state index in [0.29, 0.717) is 0 Å². The summed E-state index contributed by atoms with van der Waals surface area (Å²) in [4.78, 5) is 4.58. The van der Waals surface area contributed by atoms with E-state index in [4.69, 9.17) is 0 Å². The standard InChI is InChI=1S/C13H9N.C6F4I2/c1-3-7-12-10(5-1)9-11-6-2-4-8-13(11)14-12;7-1-2(8)5(11)4(10)6(12)3(1)9/h1-9H;. The molecule has 0 amide bonds. The molecule has 0 aliphatic rings. The Kier molecular flexibility index (Phi) is 5.96. The van der Waals surface area contributed by atoms with Crippen molar-refractivity contribution >= 4 is 67.0 Å². The van der Waals surface area contributed by atoms with Gasteiger partial charge in [0.2, 0.25) is 0 Å². The van der Waals surface area contributed by atoms with Gasteiger partial charge in [-0.05, 0) is 63.4 Å². The van der Waals surface area contributed by atoms with Crippen molar-refractivity contribution < 1.29 is 17.6 Å². The molecule has 0 aliphatic heterocycles. The van der Waals surface area contributed by atoms with Gasteiger partial charge in [0.1, 0.15) is 0 Å². The number of aromatic nitrogens is 1. The molecule has 0 N–H and O–H groups in total. The van der Waals surface area contributed by atoms with E-state index in [2.05, 4.69) is 23.2 Å². The largest absolute Gasteiger partial charge is 0.248 e. The van der Waals surface area contributed by atoms with Crippen LogP contribution in [0.25, 0.3) is 21.8 Å². The summed E-state index contributed by atoms with van der Waals surface area (Å²) in [5.74, 6) is -5.66. The number of rotatable bonds is 0. The van der Waals surface area contributed by atoms with E-state index < -0.39 is 30.4 Å². The third-order valence-electron chi connectivity index (χ3n) is 3.58. The lowest BCUT2D eigenvalue weighted by atomic mass is 10.1. The fourth-order valence-corrected chi connectivity index (χ4v) is 3.83. The monoisotopic (exact) mass is 581 g/mol.